The first-order valence-corrected chi connectivity index (χ1v) is 26.1. The summed E-state index contributed by atoms with van der Waals surface area (Å²) in [7, 11) is 0. The molecule has 2 aromatic heterocycles. The summed E-state index contributed by atoms with van der Waals surface area (Å²) in [6.07, 6.45) is 17.1. The molecule has 0 atom stereocenters. The van der Waals surface area contributed by atoms with E-state index in [0.717, 1.165) is 46.7 Å². The van der Waals surface area contributed by atoms with Gasteiger partial charge in [0.2, 0.25) is 0 Å². The summed E-state index contributed by atoms with van der Waals surface area (Å²) < 4.78 is 9.48. The van der Waals surface area contributed by atoms with Gasteiger partial charge in [-0.25, -0.2) is 0 Å². The second-order valence-corrected chi connectivity index (χ2v) is 23.8. The number of fused-ring (bicyclic) bond motifs is 11. The van der Waals surface area contributed by atoms with Crippen molar-refractivity contribution < 1.29 is 4.42 Å². The lowest BCUT2D eigenvalue weighted by atomic mass is 9.42. The number of nitrogens with zero attached hydrogens (tertiary/aromatic N) is 2. The van der Waals surface area contributed by atoms with Crippen LogP contribution in [0.4, 0.5) is 11.4 Å². The summed E-state index contributed by atoms with van der Waals surface area (Å²) in [4.78, 5) is 2.76. The van der Waals surface area contributed by atoms with Crippen molar-refractivity contribution in [2.45, 2.75) is 94.8 Å². The van der Waals surface area contributed by atoms with Gasteiger partial charge in [-0.3, -0.25) is 0 Å². The average Bonchev–Trinajstić information content (AvgIpc) is 3.88. The Morgan fingerprint density at radius 2 is 1.15 bits per heavy atom. The number of hydrogen-bond acceptors (Lipinski definition) is 2. The molecule has 0 spiro atoms. The fourth-order valence-corrected chi connectivity index (χ4v) is 18.2. The molecule has 0 N–H and O–H groups in total. The number of anilines is 2. The van der Waals surface area contributed by atoms with Crippen LogP contribution in [0.2, 0.25) is 0 Å². The summed E-state index contributed by atoms with van der Waals surface area (Å²) >= 11 is 0. The first-order chi connectivity index (χ1) is 32.9. The van der Waals surface area contributed by atoms with E-state index in [4.69, 9.17) is 4.42 Å². The molecule has 8 aliphatic carbocycles. The molecule has 0 radical (unpaired) electrons. The zero-order valence-electron chi connectivity index (χ0n) is 38.5. The molecule has 0 amide bonds. The summed E-state index contributed by atoms with van der Waals surface area (Å²) in [5.74, 6) is 5.40. The Kier molecular flexibility index (Phi) is 7.05. The first-order valence-electron chi connectivity index (χ1n) is 26.1. The third-order valence-corrected chi connectivity index (χ3v) is 19.9. The monoisotopic (exact) mass is 866 g/mol. The average molecular weight is 867 g/mol. The lowest BCUT2D eigenvalue weighted by Crippen LogP contribution is -2.61. The number of furan rings is 1. The minimum Gasteiger partial charge on any atom is -0.456 e. The molecule has 2 aliphatic heterocycles. The highest BCUT2D eigenvalue weighted by atomic mass is 16.3. The topological polar surface area (TPSA) is 21.3 Å². The second kappa shape index (κ2) is 12.8. The van der Waals surface area contributed by atoms with E-state index in [0.29, 0.717) is 5.41 Å². The summed E-state index contributed by atoms with van der Waals surface area (Å²) in [5, 5.41) is 5.40. The molecule has 10 aliphatic rings. The van der Waals surface area contributed by atoms with Gasteiger partial charge in [0.05, 0.1) is 11.0 Å². The Hall–Kier alpha value is -6.00. The maximum atomic E-state index is 6.72. The fraction of sp³-hybridized carbons (Fsp3) is 0.333. The molecule has 7 aromatic carbocycles. The van der Waals surface area contributed by atoms with E-state index in [2.05, 4.69) is 150 Å². The minimum absolute atomic E-state index is 0.00733. The summed E-state index contributed by atoms with van der Waals surface area (Å²) in [6.45, 7) is 2.32. The molecule has 8 fully saturated rings. The van der Waals surface area contributed by atoms with Crippen molar-refractivity contribution in [2.75, 3.05) is 4.81 Å². The van der Waals surface area contributed by atoms with Crippen LogP contribution in [0.5, 0.6) is 0 Å². The van der Waals surface area contributed by atoms with Crippen molar-refractivity contribution in [3.63, 3.8) is 0 Å². The van der Waals surface area contributed by atoms with Crippen LogP contribution >= 0.6 is 0 Å². The number of para-hydroxylation sites is 1. The van der Waals surface area contributed by atoms with Crippen molar-refractivity contribution >= 4 is 72.9 Å². The molecule has 4 heterocycles. The Balaban J connectivity index is 0.981. The summed E-state index contributed by atoms with van der Waals surface area (Å²) in [5.41, 5.74) is 21.8. The van der Waals surface area contributed by atoms with Crippen molar-refractivity contribution in [2.24, 2.45) is 35.5 Å². The van der Waals surface area contributed by atoms with Crippen molar-refractivity contribution in [3.05, 3.63) is 150 Å². The van der Waals surface area contributed by atoms with Crippen LogP contribution in [-0.2, 0) is 10.8 Å². The van der Waals surface area contributed by atoms with Crippen LogP contribution < -0.4 is 15.7 Å². The Morgan fingerprint density at radius 3 is 1.85 bits per heavy atom. The quantitative estimate of drug-likeness (QED) is 0.164. The third kappa shape index (κ3) is 4.90. The van der Waals surface area contributed by atoms with Gasteiger partial charge in [0, 0.05) is 44.2 Å². The first kappa shape index (κ1) is 37.0. The predicted molar refractivity (Wildman–Crippen MR) is 277 cm³/mol. The summed E-state index contributed by atoms with van der Waals surface area (Å²) in [6, 6.07) is 52.4. The lowest BCUT2D eigenvalue weighted by Gasteiger charge is -2.57. The maximum absolute atomic E-state index is 6.72. The van der Waals surface area contributed by atoms with E-state index in [1.807, 2.05) is 0 Å². The second-order valence-electron chi connectivity index (χ2n) is 23.8. The Morgan fingerprint density at radius 1 is 0.522 bits per heavy atom. The highest BCUT2D eigenvalue weighted by Crippen LogP contribution is 2.63. The van der Waals surface area contributed by atoms with Crippen molar-refractivity contribution in [1.82, 2.24) is 4.57 Å². The molecule has 67 heavy (non-hydrogen) atoms. The van der Waals surface area contributed by atoms with Crippen LogP contribution in [0.1, 0.15) is 93.7 Å². The Labute approximate surface area is 393 Å². The normalized spacial score (nSPS) is 29.2. The molecule has 19 rings (SSSR count). The van der Waals surface area contributed by atoms with Gasteiger partial charge in [-0.2, -0.15) is 0 Å². The number of hydrogen-bond donors (Lipinski definition) is 0. The van der Waals surface area contributed by atoms with Crippen LogP contribution in [0.15, 0.2) is 138 Å². The smallest absolute Gasteiger partial charge is 0.333 e. The highest BCUT2D eigenvalue weighted by Gasteiger charge is 2.54. The molecule has 9 aromatic rings. The molecule has 326 valence electrons. The molecule has 8 bridgehead atoms. The highest BCUT2D eigenvalue weighted by molar-refractivity contribution is 6.93. The van der Waals surface area contributed by atoms with Gasteiger partial charge in [0.25, 0.3) is 0 Å². The van der Waals surface area contributed by atoms with E-state index in [-0.39, 0.29) is 12.3 Å². The molecule has 8 saturated carbocycles. The number of benzene rings is 7. The molecular formula is C63H55BN2O. The fourth-order valence-electron chi connectivity index (χ4n) is 18.2. The van der Waals surface area contributed by atoms with Crippen LogP contribution in [0.3, 0.4) is 0 Å². The largest absolute Gasteiger partial charge is 0.456 e. The zero-order valence-corrected chi connectivity index (χ0v) is 38.5. The number of aromatic nitrogens is 1. The van der Waals surface area contributed by atoms with E-state index in [9.17, 15) is 0 Å². The van der Waals surface area contributed by atoms with Crippen molar-refractivity contribution in [3.8, 4) is 27.9 Å². The van der Waals surface area contributed by atoms with Gasteiger partial charge in [-0.05, 0) is 229 Å². The van der Waals surface area contributed by atoms with Gasteiger partial charge < -0.3 is 13.8 Å². The maximum Gasteiger partial charge on any atom is 0.333 e. The van der Waals surface area contributed by atoms with E-state index < -0.39 is 0 Å². The minimum atomic E-state index is -0.00733. The van der Waals surface area contributed by atoms with Gasteiger partial charge >= 0.3 is 6.85 Å². The standard InChI is InChI=1S/C63H55BN2O/c1-36-19-51-58-54(17-18-57-59(58)48-9-5-6-10-56(48)67-57)66(47-14-11-44(12-15-47)43-7-3-2-4-8-43)64-52-29-46(63-33-40-24-41(34-63)26-42(25-40)35-63)28-50-49-27-45(62-30-37-21-38(31-62)23-39(22-37)32-62)13-16-53(49)65(61(50)52)55(20-36)60(51)64/h2-20,27-29,37-42H,21-26,30-35H2,1H3. The number of aryl methyl sites for hydroxylation is 1. The molecule has 0 unspecified atom stereocenters. The van der Waals surface area contributed by atoms with Crippen LogP contribution in [-0.4, -0.2) is 11.4 Å². The third-order valence-electron chi connectivity index (χ3n) is 19.9. The number of rotatable bonds is 4. The Bertz CT molecular complexity index is 3560. The molecule has 0 saturated heterocycles. The van der Waals surface area contributed by atoms with Gasteiger partial charge in [0.1, 0.15) is 11.2 Å². The van der Waals surface area contributed by atoms with Gasteiger partial charge in [-0.15, -0.1) is 0 Å². The lowest BCUT2D eigenvalue weighted by molar-refractivity contribution is -0.00526. The van der Waals surface area contributed by atoms with E-state index in [1.54, 1.807) is 11.1 Å². The van der Waals surface area contributed by atoms with Gasteiger partial charge in [0.15, 0.2) is 0 Å². The predicted octanol–water partition coefficient (Wildman–Crippen LogP) is 14.8. The van der Waals surface area contributed by atoms with Crippen LogP contribution in [0, 0.1) is 42.4 Å². The molecule has 3 nitrogen and oxygen atoms in total. The van der Waals surface area contributed by atoms with E-state index >= 15 is 0 Å². The zero-order chi connectivity index (χ0) is 43.5. The molecule has 4 heteroatoms. The van der Waals surface area contributed by atoms with Crippen LogP contribution in [0.25, 0.3) is 71.7 Å². The van der Waals surface area contributed by atoms with E-state index in [1.165, 1.54) is 165 Å². The SMILES string of the molecule is Cc1cc2c3c(c1)-n1c4ccc(C56CC7CC(CC(C7)C5)C6)cc4c4cc(C56CC7CC(CC(C7)C5)C6)cc(c41)B3N(c1ccc(-c3ccccc3)cc1)c1ccc3oc4ccccc4c3c1-2. The van der Waals surface area contributed by atoms with Gasteiger partial charge in [-0.1, -0.05) is 78.9 Å². The molecular weight excluding hydrogens is 812 g/mol. The van der Waals surface area contributed by atoms with Crippen molar-refractivity contribution in [1.29, 1.82) is 0 Å².